The van der Waals surface area contributed by atoms with Crippen molar-refractivity contribution in [2.24, 2.45) is 0 Å². The largest absolute Gasteiger partial charge is 0.354 e. The third kappa shape index (κ3) is 2.38. The molecule has 0 radical (unpaired) electrons. The van der Waals surface area contributed by atoms with Gasteiger partial charge in [0.25, 0.3) is 0 Å². The van der Waals surface area contributed by atoms with E-state index in [1.54, 1.807) is 0 Å². The van der Waals surface area contributed by atoms with Crippen LogP contribution in [-0.4, -0.2) is 4.98 Å². The van der Waals surface area contributed by atoms with Crippen LogP contribution in [0.2, 0.25) is 0 Å². The van der Waals surface area contributed by atoms with Crippen molar-refractivity contribution in [3.8, 4) is 11.1 Å². The molecule has 0 saturated heterocycles. The second-order valence-electron chi connectivity index (χ2n) is 8.29. The summed E-state index contributed by atoms with van der Waals surface area (Å²) >= 11 is 0. The Balaban J connectivity index is 1.56. The first kappa shape index (κ1) is 16.7. The number of fused-ring (bicyclic) bond motifs is 8. The molecule has 0 aliphatic heterocycles. The van der Waals surface area contributed by atoms with Gasteiger partial charge in [-0.15, -0.1) is 0 Å². The zero-order valence-electron chi connectivity index (χ0n) is 16.9. The average Bonchev–Trinajstić information content (AvgIpc) is 3.34. The van der Waals surface area contributed by atoms with E-state index in [9.17, 15) is 0 Å². The Morgan fingerprint density at radius 2 is 1.29 bits per heavy atom. The van der Waals surface area contributed by atoms with Crippen molar-refractivity contribution >= 4 is 44.2 Å². The van der Waals surface area contributed by atoms with Crippen LogP contribution in [0.1, 0.15) is 16.7 Å². The Bertz CT molecular complexity index is 1670. The first-order valence-electron chi connectivity index (χ1n) is 10.7. The lowest BCUT2D eigenvalue weighted by atomic mass is 9.99. The van der Waals surface area contributed by atoms with Crippen molar-refractivity contribution in [1.29, 1.82) is 0 Å². The minimum Gasteiger partial charge on any atom is -0.354 e. The predicted molar refractivity (Wildman–Crippen MR) is 132 cm³/mol. The summed E-state index contributed by atoms with van der Waals surface area (Å²) in [4.78, 5) is 3.73. The van der Waals surface area contributed by atoms with E-state index < -0.39 is 0 Å². The standard InChI is InChI=1S/C30H19N/c1-2-8-19(9-3-1)16-25-22-12-6-7-13-23(22)26-17-28-24-15-14-20-10-4-5-11-21(20)30(24)31-29(28)18-27(25)26/h1-18,31H/b25-16+. The molecule has 1 aliphatic carbocycles. The molecule has 144 valence electrons. The lowest BCUT2D eigenvalue weighted by molar-refractivity contribution is 1.55. The topological polar surface area (TPSA) is 15.8 Å². The van der Waals surface area contributed by atoms with Crippen LogP contribution < -0.4 is 0 Å². The molecule has 5 aromatic carbocycles. The molecule has 31 heavy (non-hydrogen) atoms. The minimum absolute atomic E-state index is 1.19. The molecule has 0 fully saturated rings. The number of aromatic amines is 1. The van der Waals surface area contributed by atoms with Crippen molar-refractivity contribution in [2.75, 3.05) is 0 Å². The first-order chi connectivity index (χ1) is 15.4. The molecule has 1 aromatic heterocycles. The number of benzene rings is 5. The second kappa shape index (κ2) is 6.20. The zero-order valence-corrected chi connectivity index (χ0v) is 16.9. The van der Waals surface area contributed by atoms with Gasteiger partial charge in [0.05, 0.1) is 5.52 Å². The fraction of sp³-hybridized carbons (Fsp3) is 0. The first-order valence-corrected chi connectivity index (χ1v) is 10.7. The quantitative estimate of drug-likeness (QED) is 0.290. The van der Waals surface area contributed by atoms with E-state index in [1.807, 2.05) is 0 Å². The van der Waals surface area contributed by atoms with E-state index in [0.29, 0.717) is 0 Å². The second-order valence-corrected chi connectivity index (χ2v) is 8.29. The van der Waals surface area contributed by atoms with Gasteiger partial charge in [-0.2, -0.15) is 0 Å². The van der Waals surface area contributed by atoms with E-state index in [-0.39, 0.29) is 0 Å². The van der Waals surface area contributed by atoms with E-state index in [2.05, 4.69) is 114 Å². The third-order valence-corrected chi connectivity index (χ3v) is 6.54. The normalized spacial score (nSPS) is 13.9. The summed E-state index contributed by atoms with van der Waals surface area (Å²) in [6.07, 6.45) is 2.31. The lowest BCUT2D eigenvalue weighted by Gasteiger charge is -2.04. The molecule has 6 aromatic rings. The highest BCUT2D eigenvalue weighted by atomic mass is 14.7. The van der Waals surface area contributed by atoms with E-state index in [4.69, 9.17) is 0 Å². The van der Waals surface area contributed by atoms with Crippen molar-refractivity contribution in [3.63, 3.8) is 0 Å². The molecule has 0 saturated carbocycles. The molecule has 0 unspecified atom stereocenters. The smallest absolute Gasteiger partial charge is 0.0544 e. The highest BCUT2D eigenvalue weighted by Crippen LogP contribution is 2.47. The molecule has 0 amide bonds. The van der Waals surface area contributed by atoms with Crippen LogP contribution in [0.4, 0.5) is 0 Å². The van der Waals surface area contributed by atoms with Crippen molar-refractivity contribution in [3.05, 3.63) is 120 Å². The van der Waals surface area contributed by atoms with Crippen molar-refractivity contribution in [2.45, 2.75) is 0 Å². The van der Waals surface area contributed by atoms with Gasteiger partial charge >= 0.3 is 0 Å². The van der Waals surface area contributed by atoms with E-state index >= 15 is 0 Å². The SMILES string of the molecule is C(=C1/c2ccccc2-c2cc3c(cc21)[nH]c1c2ccccc2ccc31)/c1ccccc1. The molecule has 1 heterocycles. The number of hydrogen-bond acceptors (Lipinski definition) is 0. The fourth-order valence-electron chi connectivity index (χ4n) is 5.11. The van der Waals surface area contributed by atoms with Gasteiger partial charge in [0.15, 0.2) is 0 Å². The summed E-state index contributed by atoms with van der Waals surface area (Å²) in [7, 11) is 0. The van der Waals surface area contributed by atoms with Gasteiger partial charge in [-0.1, -0.05) is 91.0 Å². The molecule has 0 spiro atoms. The number of rotatable bonds is 1. The molecular weight excluding hydrogens is 374 g/mol. The summed E-state index contributed by atoms with van der Waals surface area (Å²) in [6, 6.07) is 37.2. The number of nitrogens with one attached hydrogen (secondary N) is 1. The lowest BCUT2D eigenvalue weighted by Crippen LogP contribution is -1.82. The molecule has 1 N–H and O–H groups in total. The van der Waals surface area contributed by atoms with Crippen LogP contribution in [0.3, 0.4) is 0 Å². The summed E-state index contributed by atoms with van der Waals surface area (Å²) < 4.78 is 0. The van der Waals surface area contributed by atoms with Crippen LogP contribution in [0, 0.1) is 0 Å². The van der Waals surface area contributed by atoms with Gasteiger partial charge in [0.2, 0.25) is 0 Å². The minimum atomic E-state index is 1.19. The molecule has 1 heteroatoms. The zero-order chi connectivity index (χ0) is 20.4. The van der Waals surface area contributed by atoms with Crippen LogP contribution >= 0.6 is 0 Å². The molecule has 1 aliphatic rings. The molecule has 1 nitrogen and oxygen atoms in total. The summed E-state index contributed by atoms with van der Waals surface area (Å²) in [5.41, 5.74) is 10.2. The van der Waals surface area contributed by atoms with Gasteiger partial charge < -0.3 is 4.98 Å². The maximum atomic E-state index is 3.73. The molecular formula is C30H19N. The number of H-pyrrole nitrogens is 1. The van der Waals surface area contributed by atoms with E-state index in [1.165, 1.54) is 66.0 Å². The van der Waals surface area contributed by atoms with E-state index in [0.717, 1.165) is 0 Å². The fourth-order valence-corrected chi connectivity index (χ4v) is 5.11. The van der Waals surface area contributed by atoms with Crippen LogP contribution in [-0.2, 0) is 0 Å². The maximum Gasteiger partial charge on any atom is 0.0544 e. The van der Waals surface area contributed by atoms with Gasteiger partial charge in [-0.05, 0) is 57.0 Å². The monoisotopic (exact) mass is 393 g/mol. The molecule has 7 rings (SSSR count). The summed E-state index contributed by atoms with van der Waals surface area (Å²) in [5, 5.41) is 5.12. The van der Waals surface area contributed by atoms with Gasteiger partial charge in [0.1, 0.15) is 0 Å². The van der Waals surface area contributed by atoms with Gasteiger partial charge in [-0.25, -0.2) is 0 Å². The van der Waals surface area contributed by atoms with Gasteiger partial charge in [0, 0.05) is 21.7 Å². The average molecular weight is 393 g/mol. The Hall–Kier alpha value is -4.10. The Morgan fingerprint density at radius 1 is 0.516 bits per heavy atom. The van der Waals surface area contributed by atoms with Crippen LogP contribution in [0.5, 0.6) is 0 Å². The maximum absolute atomic E-state index is 3.73. The Morgan fingerprint density at radius 3 is 2.19 bits per heavy atom. The summed E-state index contributed by atoms with van der Waals surface area (Å²) in [5.74, 6) is 0. The highest BCUT2D eigenvalue weighted by Gasteiger charge is 2.24. The predicted octanol–water partition coefficient (Wildman–Crippen LogP) is 8.04. The Kier molecular flexibility index (Phi) is 3.33. The van der Waals surface area contributed by atoms with Crippen molar-refractivity contribution in [1.82, 2.24) is 4.98 Å². The van der Waals surface area contributed by atoms with Crippen LogP contribution in [0.25, 0.3) is 55.4 Å². The molecule has 0 atom stereocenters. The number of hydrogen-bond donors (Lipinski definition) is 1. The molecule has 0 bridgehead atoms. The van der Waals surface area contributed by atoms with Crippen molar-refractivity contribution < 1.29 is 0 Å². The van der Waals surface area contributed by atoms with Gasteiger partial charge in [-0.3, -0.25) is 0 Å². The highest BCUT2D eigenvalue weighted by molar-refractivity contribution is 6.19. The number of aromatic nitrogens is 1. The van der Waals surface area contributed by atoms with Crippen LogP contribution in [0.15, 0.2) is 103 Å². The Labute approximate surface area is 180 Å². The summed E-state index contributed by atoms with van der Waals surface area (Å²) in [6.45, 7) is 0. The third-order valence-electron chi connectivity index (χ3n) is 6.54.